The summed E-state index contributed by atoms with van der Waals surface area (Å²) in [6.45, 7) is 2.31. The molecule has 3 aliphatic rings. The van der Waals surface area contributed by atoms with Crippen molar-refractivity contribution in [2.75, 3.05) is 0 Å². The summed E-state index contributed by atoms with van der Waals surface area (Å²) in [6, 6.07) is 2.42. The summed E-state index contributed by atoms with van der Waals surface area (Å²) in [4.78, 5) is 0. The molecule has 0 heterocycles. The molecule has 28 heavy (non-hydrogen) atoms. The lowest BCUT2D eigenvalue weighted by Crippen LogP contribution is -2.34. The van der Waals surface area contributed by atoms with Crippen molar-refractivity contribution in [1.82, 2.24) is 0 Å². The topological polar surface area (TPSA) is 0 Å². The Hall–Kier alpha value is -0.990. The van der Waals surface area contributed by atoms with E-state index in [1.165, 1.54) is 63.5 Å². The van der Waals surface area contributed by atoms with Gasteiger partial charge in [-0.05, 0) is 111 Å². The molecule has 0 aromatic heterocycles. The minimum Gasteiger partial charge on any atom is -0.204 e. The third-order valence-corrected chi connectivity index (χ3v) is 8.38. The van der Waals surface area contributed by atoms with Crippen molar-refractivity contribution in [3.05, 3.63) is 35.1 Å². The Kier molecular flexibility index (Phi) is 6.37. The van der Waals surface area contributed by atoms with Crippen molar-refractivity contribution in [3.8, 4) is 0 Å². The van der Waals surface area contributed by atoms with Gasteiger partial charge in [-0.3, -0.25) is 0 Å². The van der Waals surface area contributed by atoms with Crippen LogP contribution in [-0.2, 0) is 0 Å². The smallest absolute Gasteiger partial charge is 0.194 e. The Morgan fingerprint density at radius 3 is 1.89 bits per heavy atom. The minimum atomic E-state index is -1.34. The van der Waals surface area contributed by atoms with Crippen LogP contribution in [0.1, 0.15) is 95.5 Å². The van der Waals surface area contributed by atoms with Crippen molar-refractivity contribution in [2.45, 2.75) is 89.9 Å². The second-order valence-corrected chi connectivity index (χ2v) is 9.97. The summed E-state index contributed by atoms with van der Waals surface area (Å²) in [7, 11) is 0. The Bertz CT molecular complexity index is 639. The summed E-state index contributed by atoms with van der Waals surface area (Å²) in [6.07, 6.45) is 15.6. The largest absolute Gasteiger partial charge is 0.204 e. The number of rotatable bonds is 4. The van der Waals surface area contributed by atoms with Crippen LogP contribution in [0.2, 0.25) is 0 Å². The van der Waals surface area contributed by atoms with Crippen LogP contribution in [-0.4, -0.2) is 0 Å². The molecule has 4 atom stereocenters. The maximum atomic E-state index is 13.6. The van der Waals surface area contributed by atoms with E-state index in [9.17, 15) is 13.2 Å². The molecule has 0 spiro atoms. The lowest BCUT2D eigenvalue weighted by molar-refractivity contribution is 0.0617. The van der Waals surface area contributed by atoms with Crippen LogP contribution >= 0.6 is 0 Å². The summed E-state index contributed by atoms with van der Waals surface area (Å²) in [5, 5.41) is 0. The van der Waals surface area contributed by atoms with Crippen LogP contribution in [0.3, 0.4) is 0 Å². The lowest BCUT2D eigenvalue weighted by atomic mass is 9.60. The van der Waals surface area contributed by atoms with Crippen molar-refractivity contribution in [3.63, 3.8) is 0 Å². The van der Waals surface area contributed by atoms with E-state index in [2.05, 4.69) is 6.92 Å². The number of hydrogen-bond donors (Lipinski definition) is 0. The molecule has 0 bridgehead atoms. The highest BCUT2D eigenvalue weighted by Crippen LogP contribution is 2.50. The van der Waals surface area contributed by atoms with E-state index >= 15 is 0 Å². The fourth-order valence-electron chi connectivity index (χ4n) is 6.86. The molecule has 0 saturated heterocycles. The van der Waals surface area contributed by atoms with Gasteiger partial charge in [0.05, 0.1) is 0 Å². The summed E-state index contributed by atoms with van der Waals surface area (Å²) >= 11 is 0. The van der Waals surface area contributed by atoms with E-state index in [4.69, 9.17) is 0 Å². The van der Waals surface area contributed by atoms with Crippen LogP contribution in [0.4, 0.5) is 13.2 Å². The molecular formula is C25H35F3. The third kappa shape index (κ3) is 4.28. The third-order valence-electron chi connectivity index (χ3n) is 8.38. The summed E-state index contributed by atoms with van der Waals surface area (Å²) in [5.74, 6) is 1.28. The van der Waals surface area contributed by atoms with Gasteiger partial charge in [0.25, 0.3) is 0 Å². The number of hydrogen-bond acceptors (Lipinski definition) is 0. The molecular weight excluding hydrogens is 357 g/mol. The van der Waals surface area contributed by atoms with Crippen LogP contribution in [0.5, 0.6) is 0 Å². The Morgan fingerprint density at radius 2 is 1.25 bits per heavy atom. The fourth-order valence-corrected chi connectivity index (χ4v) is 6.86. The van der Waals surface area contributed by atoms with Crippen molar-refractivity contribution in [2.24, 2.45) is 29.6 Å². The zero-order valence-corrected chi connectivity index (χ0v) is 17.2. The van der Waals surface area contributed by atoms with Gasteiger partial charge >= 0.3 is 0 Å². The van der Waals surface area contributed by atoms with E-state index in [1.807, 2.05) is 0 Å². The molecule has 4 unspecified atom stereocenters. The molecule has 3 fully saturated rings. The summed E-state index contributed by atoms with van der Waals surface area (Å²) < 4.78 is 40.4. The predicted molar refractivity (Wildman–Crippen MR) is 108 cm³/mol. The maximum absolute atomic E-state index is 13.6. The number of halogens is 3. The van der Waals surface area contributed by atoms with Crippen molar-refractivity contribution >= 4 is 0 Å². The van der Waals surface area contributed by atoms with Gasteiger partial charge in [0.15, 0.2) is 17.5 Å². The van der Waals surface area contributed by atoms with E-state index < -0.39 is 17.5 Å². The van der Waals surface area contributed by atoms with E-state index in [1.54, 1.807) is 0 Å². The van der Waals surface area contributed by atoms with Crippen LogP contribution in [0, 0.1) is 47.0 Å². The van der Waals surface area contributed by atoms with Crippen LogP contribution < -0.4 is 0 Å². The molecule has 0 N–H and O–H groups in total. The molecule has 3 saturated carbocycles. The quantitative estimate of drug-likeness (QED) is 0.455. The Balaban J connectivity index is 1.30. The molecule has 0 radical (unpaired) electrons. The first kappa shape index (κ1) is 20.3. The molecule has 4 rings (SSSR count). The van der Waals surface area contributed by atoms with Gasteiger partial charge < -0.3 is 0 Å². The van der Waals surface area contributed by atoms with Crippen LogP contribution in [0.25, 0.3) is 0 Å². The molecule has 3 aliphatic carbocycles. The number of benzene rings is 1. The highest BCUT2D eigenvalue weighted by Gasteiger charge is 2.38. The molecule has 1 aromatic rings. The van der Waals surface area contributed by atoms with Gasteiger partial charge in [-0.15, -0.1) is 0 Å². The second-order valence-electron chi connectivity index (χ2n) is 9.97. The molecule has 0 aliphatic heterocycles. The fraction of sp³-hybridized carbons (Fsp3) is 0.760. The second kappa shape index (κ2) is 8.79. The SMILES string of the molecule is CCCC1CCC2CC(C3CCC(c4cc(F)c(F)c(F)c4)CC3)CCC2C1. The van der Waals surface area contributed by atoms with Crippen LogP contribution in [0.15, 0.2) is 12.1 Å². The van der Waals surface area contributed by atoms with Gasteiger partial charge in [0.2, 0.25) is 0 Å². The predicted octanol–water partition coefficient (Wildman–Crippen LogP) is 8.01. The first-order chi connectivity index (χ1) is 13.5. The minimum absolute atomic E-state index is 0.182. The van der Waals surface area contributed by atoms with Gasteiger partial charge in [0, 0.05) is 0 Å². The highest BCUT2D eigenvalue weighted by molar-refractivity contribution is 5.23. The van der Waals surface area contributed by atoms with E-state index in [0.717, 1.165) is 55.3 Å². The first-order valence-electron chi connectivity index (χ1n) is 11.7. The maximum Gasteiger partial charge on any atom is 0.194 e. The van der Waals surface area contributed by atoms with Crippen molar-refractivity contribution < 1.29 is 13.2 Å². The van der Waals surface area contributed by atoms with Gasteiger partial charge in [0.1, 0.15) is 0 Å². The zero-order valence-electron chi connectivity index (χ0n) is 17.2. The molecule has 156 valence electrons. The van der Waals surface area contributed by atoms with Gasteiger partial charge in [-0.25, -0.2) is 13.2 Å². The van der Waals surface area contributed by atoms with Crippen molar-refractivity contribution in [1.29, 1.82) is 0 Å². The molecule has 0 nitrogen and oxygen atoms in total. The molecule has 1 aromatic carbocycles. The van der Waals surface area contributed by atoms with E-state index in [-0.39, 0.29) is 5.92 Å². The Morgan fingerprint density at radius 1 is 0.714 bits per heavy atom. The first-order valence-corrected chi connectivity index (χ1v) is 11.7. The highest BCUT2D eigenvalue weighted by atomic mass is 19.2. The average Bonchev–Trinajstić information content (AvgIpc) is 2.71. The monoisotopic (exact) mass is 392 g/mol. The zero-order chi connectivity index (χ0) is 19.7. The average molecular weight is 393 g/mol. The van der Waals surface area contributed by atoms with E-state index in [0.29, 0.717) is 5.56 Å². The summed E-state index contributed by atoms with van der Waals surface area (Å²) in [5.41, 5.74) is 0.646. The standard InChI is InChI=1S/C25H35F3/c1-2-3-16-4-5-21-13-20(11-10-19(21)12-16)17-6-8-18(9-7-17)22-14-23(26)25(28)24(27)15-22/h14-21H,2-13H2,1H3. The van der Waals surface area contributed by atoms with Gasteiger partial charge in [-0.2, -0.15) is 0 Å². The lowest BCUT2D eigenvalue weighted by Gasteiger charge is -2.45. The molecule has 3 heteroatoms. The molecule has 0 amide bonds. The Labute approximate surface area is 168 Å². The normalized spacial score (nSPS) is 36.1. The number of fused-ring (bicyclic) bond motifs is 1. The van der Waals surface area contributed by atoms with Gasteiger partial charge in [-0.1, -0.05) is 26.2 Å².